The third-order valence-electron chi connectivity index (χ3n) is 2.36. The van der Waals surface area contributed by atoms with Crippen LogP contribution in [0.4, 0.5) is 5.69 Å². The second-order valence-corrected chi connectivity index (χ2v) is 6.01. The molecule has 0 aliphatic rings. The summed E-state index contributed by atoms with van der Waals surface area (Å²) in [5.74, 6) is -0.606. The lowest BCUT2D eigenvalue weighted by Gasteiger charge is -2.05. The molecule has 0 saturated carbocycles. The Morgan fingerprint density at radius 3 is 2.55 bits per heavy atom. The molecule has 0 aromatic carbocycles. The summed E-state index contributed by atoms with van der Waals surface area (Å²) in [6.45, 7) is 0. The van der Waals surface area contributed by atoms with Crippen LogP contribution in [0.2, 0.25) is 0 Å². The van der Waals surface area contributed by atoms with Gasteiger partial charge in [-0.05, 0) is 18.2 Å². The Balaban J connectivity index is 2.16. The highest BCUT2D eigenvalue weighted by molar-refractivity contribution is 7.90. The van der Waals surface area contributed by atoms with Crippen molar-refractivity contribution in [3.8, 4) is 5.75 Å². The zero-order valence-electron chi connectivity index (χ0n) is 10.4. The topological polar surface area (TPSA) is 109 Å². The van der Waals surface area contributed by atoms with Crippen molar-refractivity contribution in [1.82, 2.24) is 9.97 Å². The van der Waals surface area contributed by atoms with Gasteiger partial charge in [-0.3, -0.25) is 9.78 Å². The summed E-state index contributed by atoms with van der Waals surface area (Å²) in [4.78, 5) is 19.3. The lowest BCUT2D eigenvalue weighted by atomic mass is 10.2. The summed E-state index contributed by atoms with van der Waals surface area (Å²) in [5.41, 5.74) is 0.517. The number of rotatable bonds is 3. The molecule has 2 heterocycles. The Labute approximate surface area is 115 Å². The molecule has 0 unspecified atom stereocenters. The molecule has 2 N–H and O–H groups in total. The molecule has 0 spiro atoms. The van der Waals surface area contributed by atoms with E-state index in [1.54, 1.807) is 0 Å². The largest absolute Gasteiger partial charge is 0.506 e. The maximum atomic E-state index is 11.8. The monoisotopic (exact) mass is 293 g/mol. The van der Waals surface area contributed by atoms with Crippen LogP contribution in [0, 0.1) is 0 Å². The van der Waals surface area contributed by atoms with Gasteiger partial charge in [-0.15, -0.1) is 0 Å². The normalized spacial score (nSPS) is 11.1. The van der Waals surface area contributed by atoms with E-state index in [0.717, 1.165) is 6.26 Å². The maximum Gasteiger partial charge on any atom is 0.257 e. The Kier molecular flexibility index (Phi) is 3.66. The Hall–Kier alpha value is -2.48. The van der Waals surface area contributed by atoms with Gasteiger partial charge in [0, 0.05) is 12.5 Å². The summed E-state index contributed by atoms with van der Waals surface area (Å²) in [6.07, 6.45) is 4.79. The molecule has 7 nitrogen and oxygen atoms in total. The molecule has 0 aliphatic heterocycles. The number of pyridine rings is 2. The summed E-state index contributed by atoms with van der Waals surface area (Å²) < 4.78 is 22.5. The van der Waals surface area contributed by atoms with E-state index in [9.17, 15) is 18.3 Å². The number of amides is 1. The third kappa shape index (κ3) is 3.29. The number of sulfone groups is 1. The summed E-state index contributed by atoms with van der Waals surface area (Å²) >= 11 is 0. The zero-order chi connectivity index (χ0) is 14.8. The van der Waals surface area contributed by atoms with Crippen LogP contribution >= 0.6 is 0 Å². The number of aromatic hydroxyl groups is 1. The van der Waals surface area contributed by atoms with Crippen molar-refractivity contribution in [3.63, 3.8) is 0 Å². The third-order valence-corrected chi connectivity index (χ3v) is 3.36. The van der Waals surface area contributed by atoms with Crippen molar-refractivity contribution in [2.45, 2.75) is 5.03 Å². The molecule has 0 radical (unpaired) electrons. The van der Waals surface area contributed by atoms with Crippen molar-refractivity contribution in [3.05, 3.63) is 42.4 Å². The SMILES string of the molecule is CS(=O)(=O)c1ccc(NC(=O)c2cncc(O)c2)cn1. The van der Waals surface area contributed by atoms with E-state index >= 15 is 0 Å². The predicted molar refractivity (Wildman–Crippen MR) is 71.2 cm³/mol. The molecule has 0 atom stereocenters. The molecule has 2 aromatic heterocycles. The number of hydrogen-bond donors (Lipinski definition) is 2. The van der Waals surface area contributed by atoms with E-state index in [-0.39, 0.29) is 16.3 Å². The molecule has 0 fully saturated rings. The molecule has 0 aliphatic carbocycles. The minimum atomic E-state index is -3.37. The number of carbonyl (C=O) groups excluding carboxylic acids is 1. The Bertz CT molecular complexity index is 742. The molecule has 2 aromatic rings. The first kappa shape index (κ1) is 13.9. The molecule has 20 heavy (non-hydrogen) atoms. The first-order chi connectivity index (χ1) is 9.36. The lowest BCUT2D eigenvalue weighted by molar-refractivity contribution is 0.102. The molecule has 1 amide bonds. The number of nitrogens with one attached hydrogen (secondary N) is 1. The van der Waals surface area contributed by atoms with Crippen LogP contribution in [-0.2, 0) is 9.84 Å². The van der Waals surface area contributed by atoms with E-state index in [0.29, 0.717) is 5.69 Å². The second-order valence-electron chi connectivity index (χ2n) is 4.04. The quantitative estimate of drug-likeness (QED) is 0.867. The van der Waals surface area contributed by atoms with E-state index in [2.05, 4.69) is 15.3 Å². The van der Waals surface area contributed by atoms with Crippen molar-refractivity contribution in [2.75, 3.05) is 11.6 Å². The Morgan fingerprint density at radius 1 is 1.25 bits per heavy atom. The predicted octanol–water partition coefficient (Wildman–Crippen LogP) is 0.838. The molecule has 8 heteroatoms. The van der Waals surface area contributed by atoms with Crippen molar-refractivity contribution in [2.24, 2.45) is 0 Å². The summed E-state index contributed by atoms with van der Waals surface area (Å²) in [7, 11) is -3.37. The van der Waals surface area contributed by atoms with Gasteiger partial charge >= 0.3 is 0 Å². The fourth-order valence-corrected chi connectivity index (χ4v) is 1.99. The molecular formula is C12H11N3O4S. The van der Waals surface area contributed by atoms with Crippen molar-refractivity contribution < 1.29 is 18.3 Å². The Morgan fingerprint density at radius 2 is 2.00 bits per heavy atom. The molecule has 2 rings (SSSR count). The number of anilines is 1. The zero-order valence-corrected chi connectivity index (χ0v) is 11.3. The fourth-order valence-electron chi connectivity index (χ4n) is 1.43. The molecule has 104 valence electrons. The van der Waals surface area contributed by atoms with E-state index in [1.807, 2.05) is 0 Å². The second kappa shape index (κ2) is 5.25. The van der Waals surface area contributed by atoms with Crippen molar-refractivity contribution >= 4 is 21.4 Å². The molecule has 0 bridgehead atoms. The number of aromatic nitrogens is 2. The van der Waals surface area contributed by atoms with Gasteiger partial charge in [-0.2, -0.15) is 0 Å². The average molecular weight is 293 g/mol. The lowest BCUT2D eigenvalue weighted by Crippen LogP contribution is -2.12. The highest BCUT2D eigenvalue weighted by Gasteiger charge is 2.10. The van der Waals surface area contributed by atoms with Crippen LogP contribution < -0.4 is 5.32 Å². The van der Waals surface area contributed by atoms with Crippen LogP contribution in [0.1, 0.15) is 10.4 Å². The number of carbonyl (C=O) groups is 1. The molecular weight excluding hydrogens is 282 g/mol. The van der Waals surface area contributed by atoms with Crippen LogP contribution in [0.3, 0.4) is 0 Å². The van der Waals surface area contributed by atoms with Crippen LogP contribution in [-0.4, -0.2) is 35.7 Å². The van der Waals surface area contributed by atoms with Crippen molar-refractivity contribution in [1.29, 1.82) is 0 Å². The van der Waals surface area contributed by atoms with Crippen LogP contribution in [0.15, 0.2) is 41.8 Å². The van der Waals surface area contributed by atoms with E-state index in [1.165, 1.54) is 36.8 Å². The van der Waals surface area contributed by atoms with Gasteiger partial charge in [-0.1, -0.05) is 0 Å². The average Bonchev–Trinajstić information content (AvgIpc) is 2.38. The van der Waals surface area contributed by atoms with Gasteiger partial charge in [0.05, 0.1) is 23.6 Å². The first-order valence-electron chi connectivity index (χ1n) is 5.48. The standard InChI is InChI=1S/C12H11N3O4S/c1-20(18,19)11-3-2-9(6-14-11)15-12(17)8-4-10(16)7-13-5-8/h2-7,16H,1H3,(H,15,17). The highest BCUT2D eigenvalue weighted by atomic mass is 32.2. The fraction of sp³-hybridized carbons (Fsp3) is 0.0833. The highest BCUT2D eigenvalue weighted by Crippen LogP contribution is 2.13. The van der Waals surface area contributed by atoms with E-state index in [4.69, 9.17) is 0 Å². The van der Waals surface area contributed by atoms with Gasteiger partial charge in [0.2, 0.25) is 0 Å². The minimum absolute atomic E-state index is 0.0745. The number of hydrogen-bond acceptors (Lipinski definition) is 6. The van der Waals surface area contributed by atoms with Gasteiger partial charge in [-0.25, -0.2) is 13.4 Å². The van der Waals surface area contributed by atoms with Crippen LogP contribution in [0.5, 0.6) is 5.75 Å². The number of nitrogens with zero attached hydrogens (tertiary/aromatic N) is 2. The van der Waals surface area contributed by atoms with Gasteiger partial charge < -0.3 is 10.4 Å². The van der Waals surface area contributed by atoms with Gasteiger partial charge in [0.25, 0.3) is 5.91 Å². The molecule has 0 saturated heterocycles. The smallest absolute Gasteiger partial charge is 0.257 e. The summed E-state index contributed by atoms with van der Waals surface area (Å²) in [5, 5.41) is 11.7. The van der Waals surface area contributed by atoms with Gasteiger partial charge in [0.1, 0.15) is 5.75 Å². The van der Waals surface area contributed by atoms with Gasteiger partial charge in [0.15, 0.2) is 14.9 Å². The van der Waals surface area contributed by atoms with Crippen LogP contribution in [0.25, 0.3) is 0 Å². The maximum absolute atomic E-state index is 11.8. The first-order valence-corrected chi connectivity index (χ1v) is 7.37. The summed E-state index contributed by atoms with van der Waals surface area (Å²) in [6, 6.07) is 3.99. The minimum Gasteiger partial charge on any atom is -0.506 e. The van der Waals surface area contributed by atoms with E-state index < -0.39 is 15.7 Å².